The van der Waals surface area contributed by atoms with Gasteiger partial charge in [0.2, 0.25) is 0 Å². The first-order valence-corrected chi connectivity index (χ1v) is 6.76. The van der Waals surface area contributed by atoms with Crippen molar-refractivity contribution in [3.8, 4) is 0 Å². The van der Waals surface area contributed by atoms with Crippen LogP contribution in [0.3, 0.4) is 0 Å². The minimum absolute atomic E-state index is 0.340. The highest BCUT2D eigenvalue weighted by Crippen LogP contribution is 2.19. The second kappa shape index (κ2) is 5.13. The molecule has 3 aromatic heterocycles. The van der Waals surface area contributed by atoms with Gasteiger partial charge in [0.15, 0.2) is 17.3 Å². The highest BCUT2D eigenvalue weighted by molar-refractivity contribution is 5.86. The lowest BCUT2D eigenvalue weighted by atomic mass is 10.2. The third-order valence-corrected chi connectivity index (χ3v) is 3.35. The first-order chi connectivity index (χ1) is 10.1. The van der Waals surface area contributed by atoms with Crippen molar-refractivity contribution in [2.45, 2.75) is 26.3 Å². The zero-order valence-electron chi connectivity index (χ0n) is 12.3. The average Bonchev–Trinajstić information content (AvgIpc) is 3.06. The predicted octanol–water partition coefficient (Wildman–Crippen LogP) is 1.02. The minimum atomic E-state index is 0.340. The summed E-state index contributed by atoms with van der Waals surface area (Å²) in [5, 5.41) is 4.99. The van der Waals surface area contributed by atoms with E-state index in [0.29, 0.717) is 24.1 Å². The topological polar surface area (TPSA) is 99.5 Å². The second-order valence-electron chi connectivity index (χ2n) is 5.21. The van der Waals surface area contributed by atoms with Crippen molar-refractivity contribution in [3.05, 3.63) is 30.2 Å². The van der Waals surface area contributed by atoms with E-state index in [4.69, 9.17) is 5.84 Å². The van der Waals surface area contributed by atoms with Gasteiger partial charge in [-0.05, 0) is 0 Å². The van der Waals surface area contributed by atoms with Crippen molar-refractivity contribution >= 4 is 16.9 Å². The van der Waals surface area contributed by atoms with Gasteiger partial charge in [0.1, 0.15) is 5.82 Å². The van der Waals surface area contributed by atoms with Crippen LogP contribution in [0.2, 0.25) is 0 Å². The Kier molecular flexibility index (Phi) is 3.30. The molecule has 0 unspecified atom stereocenters. The average molecular weight is 286 g/mol. The molecule has 0 aliphatic carbocycles. The van der Waals surface area contributed by atoms with Crippen LogP contribution in [0, 0.1) is 0 Å². The monoisotopic (exact) mass is 286 g/mol. The number of nitrogens with one attached hydrogen (secondary N) is 1. The Balaban J connectivity index is 2.04. The molecule has 8 heteroatoms. The van der Waals surface area contributed by atoms with Crippen LogP contribution in [0.15, 0.2) is 18.6 Å². The molecule has 0 atom stereocenters. The molecule has 0 saturated heterocycles. The quantitative estimate of drug-likeness (QED) is 0.548. The maximum Gasteiger partial charge on any atom is 0.163 e. The van der Waals surface area contributed by atoms with Crippen LogP contribution >= 0.6 is 0 Å². The predicted molar refractivity (Wildman–Crippen MR) is 79.5 cm³/mol. The van der Waals surface area contributed by atoms with Crippen LogP contribution in [-0.4, -0.2) is 29.3 Å². The third kappa shape index (κ3) is 2.33. The Hall–Kier alpha value is -2.48. The fourth-order valence-corrected chi connectivity index (χ4v) is 2.36. The van der Waals surface area contributed by atoms with Crippen LogP contribution in [0.25, 0.3) is 11.0 Å². The van der Waals surface area contributed by atoms with Crippen molar-refractivity contribution in [1.29, 1.82) is 0 Å². The number of aromatic nitrogens is 6. The number of nitrogen functional groups attached to an aromatic ring is 1. The van der Waals surface area contributed by atoms with Crippen molar-refractivity contribution in [1.82, 2.24) is 29.3 Å². The molecule has 110 valence electrons. The highest BCUT2D eigenvalue weighted by Gasteiger charge is 2.13. The number of imidazole rings is 1. The molecule has 0 bridgehead atoms. The Labute approximate surface area is 122 Å². The molecule has 0 radical (unpaired) electrons. The summed E-state index contributed by atoms with van der Waals surface area (Å²) < 4.78 is 3.75. The summed E-state index contributed by atoms with van der Waals surface area (Å²) in [5.74, 6) is 8.14. The molecule has 21 heavy (non-hydrogen) atoms. The summed E-state index contributed by atoms with van der Waals surface area (Å²) in [6, 6.07) is 0. The number of aryl methyl sites for hydroxylation is 1. The van der Waals surface area contributed by atoms with E-state index in [9.17, 15) is 0 Å². The molecular formula is C13H18N8. The summed E-state index contributed by atoms with van der Waals surface area (Å²) >= 11 is 0. The van der Waals surface area contributed by atoms with Gasteiger partial charge in [-0.3, -0.25) is 4.68 Å². The standard InChI is InChI=1S/C13H18N8/c1-8(2)12-15-4-5-21(12)7-10-17-11(19-14)9-6-16-20(3)13(9)18-10/h4-6,8H,7,14H2,1-3H3,(H,17,18,19). The van der Waals surface area contributed by atoms with E-state index in [1.807, 2.05) is 17.8 Å². The van der Waals surface area contributed by atoms with Crippen LogP contribution in [0.5, 0.6) is 0 Å². The number of hydrogen-bond acceptors (Lipinski definition) is 6. The molecular weight excluding hydrogens is 268 g/mol. The summed E-state index contributed by atoms with van der Waals surface area (Å²) in [5.41, 5.74) is 3.36. The number of fused-ring (bicyclic) bond motifs is 1. The number of hydrogen-bond donors (Lipinski definition) is 2. The van der Waals surface area contributed by atoms with E-state index in [-0.39, 0.29) is 0 Å². The summed E-state index contributed by atoms with van der Waals surface area (Å²) in [4.78, 5) is 13.4. The molecule has 3 aromatic rings. The van der Waals surface area contributed by atoms with Gasteiger partial charge in [-0.1, -0.05) is 13.8 Å². The lowest BCUT2D eigenvalue weighted by Gasteiger charge is -2.10. The number of rotatable bonds is 4. The van der Waals surface area contributed by atoms with E-state index in [0.717, 1.165) is 16.9 Å². The second-order valence-corrected chi connectivity index (χ2v) is 5.21. The molecule has 0 fully saturated rings. The lowest BCUT2D eigenvalue weighted by molar-refractivity contribution is 0.649. The van der Waals surface area contributed by atoms with Gasteiger partial charge < -0.3 is 9.99 Å². The fraction of sp³-hybridized carbons (Fsp3) is 0.385. The van der Waals surface area contributed by atoms with E-state index >= 15 is 0 Å². The van der Waals surface area contributed by atoms with Gasteiger partial charge in [0.05, 0.1) is 18.1 Å². The molecule has 0 aliphatic heterocycles. The Bertz CT molecular complexity index is 770. The van der Waals surface area contributed by atoms with Crippen molar-refractivity contribution in [2.75, 3.05) is 5.43 Å². The van der Waals surface area contributed by atoms with Gasteiger partial charge in [-0.15, -0.1) is 0 Å². The Morgan fingerprint density at radius 2 is 2.14 bits per heavy atom. The maximum atomic E-state index is 5.55. The number of anilines is 1. The van der Waals surface area contributed by atoms with Crippen molar-refractivity contribution < 1.29 is 0 Å². The Morgan fingerprint density at radius 3 is 2.86 bits per heavy atom. The number of hydrazine groups is 1. The normalized spacial score (nSPS) is 11.5. The first kappa shape index (κ1) is 13.5. The smallest absolute Gasteiger partial charge is 0.163 e. The third-order valence-electron chi connectivity index (χ3n) is 3.35. The van der Waals surface area contributed by atoms with Gasteiger partial charge >= 0.3 is 0 Å². The van der Waals surface area contributed by atoms with Gasteiger partial charge in [0, 0.05) is 25.4 Å². The van der Waals surface area contributed by atoms with Crippen LogP contribution in [0.4, 0.5) is 5.82 Å². The summed E-state index contributed by atoms with van der Waals surface area (Å²) in [6.07, 6.45) is 5.42. The zero-order valence-corrected chi connectivity index (χ0v) is 12.3. The molecule has 8 nitrogen and oxygen atoms in total. The van der Waals surface area contributed by atoms with Crippen LogP contribution in [0.1, 0.15) is 31.4 Å². The SMILES string of the molecule is CC(C)c1nccn1Cc1nc(NN)c2cnn(C)c2n1. The molecule has 3 N–H and O–H groups in total. The molecule has 0 saturated carbocycles. The van der Waals surface area contributed by atoms with E-state index in [2.05, 4.69) is 39.3 Å². The molecule has 0 aromatic carbocycles. The zero-order chi connectivity index (χ0) is 15.0. The summed E-state index contributed by atoms with van der Waals surface area (Å²) in [7, 11) is 1.84. The van der Waals surface area contributed by atoms with Crippen LogP contribution in [-0.2, 0) is 13.6 Å². The number of nitrogens with two attached hydrogens (primary N) is 1. The highest BCUT2D eigenvalue weighted by atomic mass is 15.3. The first-order valence-electron chi connectivity index (χ1n) is 6.76. The minimum Gasteiger partial charge on any atom is -0.327 e. The lowest BCUT2D eigenvalue weighted by Crippen LogP contribution is -2.14. The fourth-order valence-electron chi connectivity index (χ4n) is 2.36. The molecule has 0 aliphatic rings. The molecule has 0 spiro atoms. The van der Waals surface area contributed by atoms with Crippen molar-refractivity contribution in [3.63, 3.8) is 0 Å². The molecule has 0 amide bonds. The van der Waals surface area contributed by atoms with Gasteiger partial charge in [-0.2, -0.15) is 5.10 Å². The Morgan fingerprint density at radius 1 is 1.33 bits per heavy atom. The summed E-state index contributed by atoms with van der Waals surface area (Å²) in [6.45, 7) is 4.76. The molecule has 3 rings (SSSR count). The maximum absolute atomic E-state index is 5.55. The molecule has 3 heterocycles. The largest absolute Gasteiger partial charge is 0.327 e. The van der Waals surface area contributed by atoms with Crippen LogP contribution < -0.4 is 11.3 Å². The van der Waals surface area contributed by atoms with E-state index in [1.54, 1.807) is 17.1 Å². The van der Waals surface area contributed by atoms with Crippen molar-refractivity contribution in [2.24, 2.45) is 12.9 Å². The number of nitrogens with zero attached hydrogens (tertiary/aromatic N) is 6. The van der Waals surface area contributed by atoms with E-state index in [1.165, 1.54) is 0 Å². The van der Waals surface area contributed by atoms with E-state index < -0.39 is 0 Å². The van der Waals surface area contributed by atoms with Gasteiger partial charge in [0.25, 0.3) is 0 Å². The van der Waals surface area contributed by atoms with Gasteiger partial charge in [-0.25, -0.2) is 20.8 Å².